The fourth-order valence-corrected chi connectivity index (χ4v) is 4.27. The normalized spacial score (nSPS) is 14.9. The molecule has 0 fully saturated rings. The van der Waals surface area contributed by atoms with E-state index < -0.39 is 0 Å². The van der Waals surface area contributed by atoms with Gasteiger partial charge in [-0.3, -0.25) is 4.79 Å². The Morgan fingerprint density at radius 3 is 2.40 bits per heavy atom. The molecule has 150 valence electrons. The lowest BCUT2D eigenvalue weighted by Crippen LogP contribution is -2.41. The van der Waals surface area contributed by atoms with Gasteiger partial charge in [0.15, 0.2) is 0 Å². The molecule has 1 heterocycles. The van der Waals surface area contributed by atoms with Crippen molar-refractivity contribution in [1.82, 2.24) is 0 Å². The SMILES string of the molecule is CCc1ccc2c(c1)N(Cc1ccc(-c3ccccc3C#N)cc1)C(=O)CC2(C)C. The Morgan fingerprint density at radius 1 is 1.00 bits per heavy atom. The van der Waals surface area contributed by atoms with Crippen LogP contribution in [0.1, 0.15) is 49.4 Å². The fourth-order valence-electron chi connectivity index (χ4n) is 4.27. The molecule has 0 unspecified atom stereocenters. The molecule has 0 atom stereocenters. The van der Waals surface area contributed by atoms with Gasteiger partial charge in [0.05, 0.1) is 18.2 Å². The number of benzene rings is 3. The second-order valence-corrected chi connectivity index (χ2v) is 8.60. The molecule has 3 nitrogen and oxygen atoms in total. The summed E-state index contributed by atoms with van der Waals surface area (Å²) in [5, 5.41) is 9.36. The summed E-state index contributed by atoms with van der Waals surface area (Å²) >= 11 is 0. The molecule has 1 aliphatic rings. The number of rotatable bonds is 4. The Balaban J connectivity index is 1.66. The van der Waals surface area contributed by atoms with Gasteiger partial charge in [-0.1, -0.05) is 75.4 Å². The summed E-state index contributed by atoms with van der Waals surface area (Å²) in [6, 6.07) is 24.6. The van der Waals surface area contributed by atoms with E-state index in [9.17, 15) is 10.1 Å². The van der Waals surface area contributed by atoms with E-state index in [1.807, 2.05) is 41.3 Å². The smallest absolute Gasteiger partial charge is 0.228 e. The minimum Gasteiger partial charge on any atom is -0.308 e. The lowest BCUT2D eigenvalue weighted by molar-refractivity contribution is -0.120. The third kappa shape index (κ3) is 3.62. The summed E-state index contributed by atoms with van der Waals surface area (Å²) in [4.78, 5) is 15.0. The van der Waals surface area contributed by atoms with Crippen LogP contribution in [0, 0.1) is 11.3 Å². The lowest BCUT2D eigenvalue weighted by Gasteiger charge is -2.39. The number of carbonyl (C=O) groups excluding carboxylic acids is 1. The highest BCUT2D eigenvalue weighted by molar-refractivity contribution is 5.98. The van der Waals surface area contributed by atoms with E-state index in [1.54, 1.807) is 0 Å². The minimum absolute atomic E-state index is 0.153. The van der Waals surface area contributed by atoms with Gasteiger partial charge in [-0.15, -0.1) is 0 Å². The molecule has 0 saturated carbocycles. The highest BCUT2D eigenvalue weighted by Crippen LogP contribution is 2.41. The zero-order valence-electron chi connectivity index (χ0n) is 17.8. The van der Waals surface area contributed by atoms with Crippen LogP contribution in [-0.4, -0.2) is 5.91 Å². The van der Waals surface area contributed by atoms with E-state index in [-0.39, 0.29) is 11.3 Å². The Bertz CT molecular complexity index is 1140. The number of hydrogen-bond acceptors (Lipinski definition) is 2. The molecule has 1 amide bonds. The van der Waals surface area contributed by atoms with Gasteiger partial charge < -0.3 is 4.90 Å². The summed E-state index contributed by atoms with van der Waals surface area (Å²) in [7, 11) is 0. The summed E-state index contributed by atoms with van der Waals surface area (Å²) in [6.07, 6.45) is 1.46. The Kier molecular flexibility index (Phi) is 5.18. The van der Waals surface area contributed by atoms with E-state index in [4.69, 9.17) is 0 Å². The maximum atomic E-state index is 13.0. The molecule has 0 bridgehead atoms. The number of fused-ring (bicyclic) bond motifs is 1. The zero-order valence-corrected chi connectivity index (χ0v) is 17.8. The third-order valence-corrected chi connectivity index (χ3v) is 6.04. The number of nitrogens with zero attached hydrogens (tertiary/aromatic N) is 2. The minimum atomic E-state index is -0.153. The van der Waals surface area contributed by atoms with Crippen molar-refractivity contribution in [3.8, 4) is 17.2 Å². The molecule has 30 heavy (non-hydrogen) atoms. The van der Waals surface area contributed by atoms with Crippen molar-refractivity contribution in [2.24, 2.45) is 0 Å². The maximum absolute atomic E-state index is 13.0. The van der Waals surface area contributed by atoms with Gasteiger partial charge in [0, 0.05) is 17.5 Å². The first kappa shape index (κ1) is 19.9. The number of amides is 1. The van der Waals surface area contributed by atoms with E-state index in [0.29, 0.717) is 18.5 Å². The zero-order chi connectivity index (χ0) is 21.3. The van der Waals surface area contributed by atoms with Crippen LogP contribution in [0.2, 0.25) is 0 Å². The van der Waals surface area contributed by atoms with E-state index in [2.05, 4.69) is 57.2 Å². The third-order valence-electron chi connectivity index (χ3n) is 6.04. The molecular weight excluding hydrogens is 368 g/mol. The van der Waals surface area contributed by atoms with Gasteiger partial charge in [0.2, 0.25) is 5.91 Å². The van der Waals surface area contributed by atoms with Crippen LogP contribution >= 0.6 is 0 Å². The van der Waals surface area contributed by atoms with Gasteiger partial charge in [-0.2, -0.15) is 5.26 Å². The Morgan fingerprint density at radius 2 is 1.70 bits per heavy atom. The summed E-state index contributed by atoms with van der Waals surface area (Å²) in [5.74, 6) is 0.166. The first-order chi connectivity index (χ1) is 14.4. The molecule has 3 aromatic rings. The molecule has 0 spiro atoms. The van der Waals surface area contributed by atoms with Crippen LogP contribution in [0.5, 0.6) is 0 Å². The topological polar surface area (TPSA) is 44.1 Å². The number of carbonyl (C=O) groups is 1. The molecule has 0 radical (unpaired) electrons. The summed E-state index contributed by atoms with van der Waals surface area (Å²) in [6.45, 7) is 6.98. The molecule has 1 aliphatic heterocycles. The van der Waals surface area contributed by atoms with Crippen LogP contribution in [-0.2, 0) is 23.2 Å². The number of aryl methyl sites for hydroxylation is 1. The van der Waals surface area contributed by atoms with Crippen molar-refractivity contribution in [3.63, 3.8) is 0 Å². The molecule has 4 rings (SSSR count). The Labute approximate surface area is 178 Å². The molecule has 0 saturated heterocycles. The number of anilines is 1. The van der Waals surface area contributed by atoms with Crippen molar-refractivity contribution in [2.45, 2.75) is 45.6 Å². The van der Waals surface area contributed by atoms with Crippen molar-refractivity contribution in [3.05, 3.63) is 89.0 Å². The lowest BCUT2D eigenvalue weighted by atomic mass is 9.76. The molecule has 0 aliphatic carbocycles. The molecule has 0 N–H and O–H groups in total. The van der Waals surface area contributed by atoms with Crippen LogP contribution in [0.4, 0.5) is 5.69 Å². The standard InChI is InChI=1S/C27H26N2O/c1-4-19-11-14-24-25(15-19)29(26(30)16-27(24,2)3)18-20-9-12-21(13-10-20)23-8-6-5-7-22(23)17-28/h5-15H,4,16,18H2,1-3H3. The van der Waals surface area contributed by atoms with Crippen molar-refractivity contribution in [2.75, 3.05) is 4.90 Å². The first-order valence-electron chi connectivity index (χ1n) is 10.4. The van der Waals surface area contributed by atoms with E-state index in [0.717, 1.165) is 28.8 Å². The maximum Gasteiger partial charge on any atom is 0.228 e. The molecule has 0 aromatic heterocycles. The van der Waals surface area contributed by atoms with Gasteiger partial charge in [-0.05, 0) is 46.4 Å². The van der Waals surface area contributed by atoms with E-state index >= 15 is 0 Å². The Hall–Kier alpha value is -3.38. The first-order valence-corrected chi connectivity index (χ1v) is 10.4. The quantitative estimate of drug-likeness (QED) is 0.544. The highest BCUT2D eigenvalue weighted by atomic mass is 16.2. The summed E-state index contributed by atoms with van der Waals surface area (Å²) in [5.41, 5.74) is 7.05. The number of nitriles is 1. The number of hydrogen-bond donors (Lipinski definition) is 0. The van der Waals surface area contributed by atoms with Crippen LogP contribution < -0.4 is 4.90 Å². The predicted molar refractivity (Wildman–Crippen MR) is 121 cm³/mol. The van der Waals surface area contributed by atoms with Gasteiger partial charge in [0.1, 0.15) is 0 Å². The monoisotopic (exact) mass is 394 g/mol. The van der Waals surface area contributed by atoms with Crippen molar-refractivity contribution >= 4 is 11.6 Å². The summed E-state index contributed by atoms with van der Waals surface area (Å²) < 4.78 is 0. The fraction of sp³-hybridized carbons (Fsp3) is 0.259. The van der Waals surface area contributed by atoms with Gasteiger partial charge >= 0.3 is 0 Å². The molecule has 3 heteroatoms. The largest absolute Gasteiger partial charge is 0.308 e. The predicted octanol–water partition coefficient (Wildman–Crippen LogP) is 6.00. The van der Waals surface area contributed by atoms with Gasteiger partial charge in [-0.25, -0.2) is 0 Å². The van der Waals surface area contributed by atoms with E-state index in [1.165, 1.54) is 11.1 Å². The van der Waals surface area contributed by atoms with Crippen LogP contribution in [0.25, 0.3) is 11.1 Å². The van der Waals surface area contributed by atoms with Crippen LogP contribution in [0.3, 0.4) is 0 Å². The molecule has 3 aromatic carbocycles. The highest BCUT2D eigenvalue weighted by Gasteiger charge is 2.36. The average molecular weight is 395 g/mol. The second-order valence-electron chi connectivity index (χ2n) is 8.60. The van der Waals surface area contributed by atoms with Gasteiger partial charge in [0.25, 0.3) is 0 Å². The van der Waals surface area contributed by atoms with Crippen molar-refractivity contribution in [1.29, 1.82) is 5.26 Å². The molecular formula is C27H26N2O. The average Bonchev–Trinajstić information content (AvgIpc) is 2.76. The van der Waals surface area contributed by atoms with Crippen molar-refractivity contribution < 1.29 is 4.79 Å². The second kappa shape index (κ2) is 7.80. The van der Waals surface area contributed by atoms with Crippen LogP contribution in [0.15, 0.2) is 66.7 Å².